The zero-order chi connectivity index (χ0) is 19.8. The van der Waals surface area contributed by atoms with Gasteiger partial charge in [-0.2, -0.15) is 5.10 Å². The van der Waals surface area contributed by atoms with Crippen molar-refractivity contribution in [1.29, 1.82) is 0 Å². The maximum absolute atomic E-state index is 14.2. The summed E-state index contributed by atoms with van der Waals surface area (Å²) in [5, 5.41) is 9.69. The monoisotopic (exact) mass is 381 g/mol. The molecule has 28 heavy (non-hydrogen) atoms. The first-order valence-corrected chi connectivity index (χ1v) is 8.57. The van der Waals surface area contributed by atoms with Crippen LogP contribution in [0.3, 0.4) is 0 Å². The Morgan fingerprint density at radius 3 is 2.68 bits per heavy atom. The molecule has 142 valence electrons. The van der Waals surface area contributed by atoms with Gasteiger partial charge in [0.2, 0.25) is 17.7 Å². The highest BCUT2D eigenvalue weighted by Gasteiger charge is 2.37. The van der Waals surface area contributed by atoms with Crippen LogP contribution in [0.1, 0.15) is 16.8 Å². The molecule has 1 atom stereocenters. The third-order valence-electron chi connectivity index (χ3n) is 4.71. The van der Waals surface area contributed by atoms with Gasteiger partial charge in [-0.05, 0) is 36.4 Å². The number of nitrogens with one attached hydrogen (secondary N) is 2. The van der Waals surface area contributed by atoms with Gasteiger partial charge < -0.3 is 11.1 Å². The van der Waals surface area contributed by atoms with Gasteiger partial charge in [-0.25, -0.2) is 4.39 Å². The number of benzene rings is 2. The second-order valence-electron chi connectivity index (χ2n) is 6.55. The molecular formula is C19H16FN5O3. The quantitative estimate of drug-likeness (QED) is 0.638. The van der Waals surface area contributed by atoms with E-state index in [4.69, 9.17) is 5.73 Å². The molecule has 3 amide bonds. The minimum atomic E-state index is -0.609. The predicted octanol–water partition coefficient (Wildman–Crippen LogP) is 1.79. The lowest BCUT2D eigenvalue weighted by Crippen LogP contribution is -2.28. The Hall–Kier alpha value is -3.75. The maximum atomic E-state index is 14.2. The molecule has 1 aliphatic heterocycles. The highest BCUT2D eigenvalue weighted by Crippen LogP contribution is 2.31. The summed E-state index contributed by atoms with van der Waals surface area (Å²) in [4.78, 5) is 37.4. The number of anilines is 2. The normalized spacial score (nSPS) is 16.5. The van der Waals surface area contributed by atoms with Crippen LogP contribution in [-0.4, -0.2) is 34.5 Å². The molecule has 1 aromatic heterocycles. The lowest BCUT2D eigenvalue weighted by atomic mass is 10.1. The molecule has 8 nitrogen and oxygen atoms in total. The molecule has 2 heterocycles. The van der Waals surface area contributed by atoms with Crippen LogP contribution in [-0.2, 0) is 9.59 Å². The Bertz CT molecular complexity index is 1090. The van der Waals surface area contributed by atoms with Crippen LogP contribution >= 0.6 is 0 Å². The van der Waals surface area contributed by atoms with Crippen molar-refractivity contribution in [2.24, 2.45) is 11.7 Å². The van der Waals surface area contributed by atoms with E-state index in [2.05, 4.69) is 15.5 Å². The van der Waals surface area contributed by atoms with Gasteiger partial charge in [0.05, 0.1) is 16.8 Å². The van der Waals surface area contributed by atoms with E-state index < -0.39 is 17.6 Å². The molecule has 1 unspecified atom stereocenters. The van der Waals surface area contributed by atoms with Gasteiger partial charge in [-0.15, -0.1) is 0 Å². The van der Waals surface area contributed by atoms with Crippen LogP contribution in [0.4, 0.5) is 15.9 Å². The Morgan fingerprint density at radius 2 is 1.96 bits per heavy atom. The first kappa shape index (κ1) is 17.7. The van der Waals surface area contributed by atoms with Gasteiger partial charge >= 0.3 is 0 Å². The van der Waals surface area contributed by atoms with E-state index in [0.29, 0.717) is 16.8 Å². The molecule has 0 bridgehead atoms. The number of halogens is 1. The van der Waals surface area contributed by atoms with Crippen molar-refractivity contribution in [1.82, 2.24) is 10.2 Å². The number of aromatic amines is 1. The minimum absolute atomic E-state index is 0.00594. The van der Waals surface area contributed by atoms with Gasteiger partial charge in [0.1, 0.15) is 5.82 Å². The van der Waals surface area contributed by atoms with Gasteiger partial charge in [-0.1, -0.05) is 6.07 Å². The first-order chi connectivity index (χ1) is 13.4. The summed E-state index contributed by atoms with van der Waals surface area (Å²) < 4.78 is 14.2. The van der Waals surface area contributed by atoms with Gasteiger partial charge in [0.25, 0.3) is 0 Å². The largest absolute Gasteiger partial charge is 0.366 e. The number of hydrogen-bond donors (Lipinski definition) is 3. The topological polar surface area (TPSA) is 121 Å². The number of aromatic nitrogens is 2. The number of fused-ring (bicyclic) bond motifs is 1. The fraction of sp³-hybridized carbons (Fsp3) is 0.158. The molecule has 0 spiro atoms. The number of carbonyl (C=O) groups excluding carboxylic acids is 3. The number of rotatable bonds is 4. The molecule has 4 rings (SSSR count). The summed E-state index contributed by atoms with van der Waals surface area (Å²) in [7, 11) is 0. The molecule has 1 aliphatic rings. The van der Waals surface area contributed by atoms with Crippen molar-refractivity contribution in [2.45, 2.75) is 6.42 Å². The van der Waals surface area contributed by atoms with Crippen LogP contribution in [0.15, 0.2) is 42.5 Å². The third kappa shape index (κ3) is 3.07. The standard InChI is InChI=1S/C19H16FN5O3/c20-13-2-1-3-14-16(13)18(24-23-14)25-9-11(8-15(25)26)19(28)22-12-6-4-10(5-7-12)17(21)27/h1-7,11H,8-9H2,(H2,21,27)(H,22,28)(H,23,24). The third-order valence-corrected chi connectivity index (χ3v) is 4.71. The average Bonchev–Trinajstić information content (AvgIpc) is 3.26. The smallest absolute Gasteiger partial charge is 0.248 e. The lowest BCUT2D eigenvalue weighted by molar-refractivity contribution is -0.122. The first-order valence-electron chi connectivity index (χ1n) is 8.57. The van der Waals surface area contributed by atoms with Crippen molar-refractivity contribution >= 4 is 40.1 Å². The summed E-state index contributed by atoms with van der Waals surface area (Å²) >= 11 is 0. The minimum Gasteiger partial charge on any atom is -0.366 e. The predicted molar refractivity (Wildman–Crippen MR) is 100 cm³/mol. The summed E-state index contributed by atoms with van der Waals surface area (Å²) in [6.07, 6.45) is -0.00594. The van der Waals surface area contributed by atoms with Crippen LogP contribution in [0.2, 0.25) is 0 Å². The summed E-state index contributed by atoms with van der Waals surface area (Å²) in [5.41, 5.74) is 6.47. The number of primary amides is 1. The highest BCUT2D eigenvalue weighted by atomic mass is 19.1. The fourth-order valence-electron chi connectivity index (χ4n) is 3.26. The lowest BCUT2D eigenvalue weighted by Gasteiger charge is -2.14. The van der Waals surface area contributed by atoms with Crippen molar-refractivity contribution in [3.8, 4) is 0 Å². The van der Waals surface area contributed by atoms with E-state index >= 15 is 0 Å². The maximum Gasteiger partial charge on any atom is 0.248 e. The van der Waals surface area contributed by atoms with Crippen molar-refractivity contribution in [3.63, 3.8) is 0 Å². The number of carbonyl (C=O) groups is 3. The molecule has 0 radical (unpaired) electrons. The van der Waals surface area contributed by atoms with Crippen LogP contribution < -0.4 is 16.0 Å². The molecule has 1 saturated heterocycles. The van der Waals surface area contributed by atoms with E-state index in [1.54, 1.807) is 24.3 Å². The molecule has 9 heteroatoms. The fourth-order valence-corrected chi connectivity index (χ4v) is 3.26. The zero-order valence-electron chi connectivity index (χ0n) is 14.6. The number of hydrogen-bond acceptors (Lipinski definition) is 4. The molecule has 1 fully saturated rings. The molecule has 4 N–H and O–H groups in total. The van der Waals surface area contributed by atoms with Crippen molar-refractivity contribution in [3.05, 3.63) is 53.8 Å². The summed E-state index contributed by atoms with van der Waals surface area (Å²) in [5.74, 6) is -2.13. The van der Waals surface area contributed by atoms with E-state index in [1.165, 1.54) is 23.1 Å². The van der Waals surface area contributed by atoms with Crippen LogP contribution in [0.5, 0.6) is 0 Å². The molecular weight excluding hydrogens is 365 g/mol. The molecule has 3 aromatic rings. The Balaban J connectivity index is 1.51. The number of nitrogens with zero attached hydrogens (tertiary/aromatic N) is 2. The second-order valence-corrected chi connectivity index (χ2v) is 6.55. The second kappa shape index (κ2) is 6.76. The van der Waals surface area contributed by atoms with E-state index in [0.717, 1.165) is 0 Å². The zero-order valence-corrected chi connectivity index (χ0v) is 14.6. The van der Waals surface area contributed by atoms with Gasteiger partial charge in [0, 0.05) is 24.2 Å². The van der Waals surface area contributed by atoms with Crippen molar-refractivity contribution in [2.75, 3.05) is 16.8 Å². The van der Waals surface area contributed by atoms with Gasteiger partial charge in [0.15, 0.2) is 5.82 Å². The number of nitrogens with two attached hydrogens (primary N) is 1. The van der Waals surface area contributed by atoms with E-state index in [-0.39, 0.29) is 36.0 Å². The van der Waals surface area contributed by atoms with E-state index in [9.17, 15) is 18.8 Å². The molecule has 0 aliphatic carbocycles. The van der Waals surface area contributed by atoms with Crippen molar-refractivity contribution < 1.29 is 18.8 Å². The number of H-pyrrole nitrogens is 1. The summed E-state index contributed by atoms with van der Waals surface area (Å²) in [6.45, 7) is 0.0956. The Kier molecular flexibility index (Phi) is 4.26. The molecule has 2 aromatic carbocycles. The van der Waals surface area contributed by atoms with Crippen LogP contribution in [0.25, 0.3) is 10.9 Å². The van der Waals surface area contributed by atoms with Crippen LogP contribution in [0, 0.1) is 11.7 Å². The molecule has 0 saturated carbocycles. The average molecular weight is 381 g/mol. The summed E-state index contributed by atoms with van der Waals surface area (Å²) in [6, 6.07) is 10.6. The SMILES string of the molecule is NC(=O)c1ccc(NC(=O)C2CC(=O)N(c3n[nH]c4cccc(F)c34)C2)cc1. The highest BCUT2D eigenvalue weighted by molar-refractivity contribution is 6.07. The number of amides is 3. The van der Waals surface area contributed by atoms with Gasteiger partial charge in [-0.3, -0.25) is 24.4 Å². The van der Waals surface area contributed by atoms with E-state index in [1.807, 2.05) is 0 Å². The Labute approximate surface area is 158 Å². The Morgan fingerprint density at radius 1 is 1.21 bits per heavy atom.